The normalized spacial score (nSPS) is 17.9. The number of likely N-dealkylation sites (tertiary alicyclic amines) is 1. The molecule has 1 N–H and O–H groups in total. The van der Waals surface area contributed by atoms with Gasteiger partial charge in [-0.2, -0.15) is 0 Å². The van der Waals surface area contributed by atoms with E-state index < -0.39 is 11.6 Å². The molecule has 6 heteroatoms. The van der Waals surface area contributed by atoms with Gasteiger partial charge in [0.05, 0.1) is 12.2 Å². The number of ether oxygens (including phenoxy) is 2. The summed E-state index contributed by atoms with van der Waals surface area (Å²) in [7, 11) is 0. The summed E-state index contributed by atoms with van der Waals surface area (Å²) in [6, 6.07) is 5.08. The Hall–Kier alpha value is -2.24. The third-order valence-corrected chi connectivity index (χ3v) is 4.03. The van der Waals surface area contributed by atoms with Gasteiger partial charge in [-0.05, 0) is 64.3 Å². The van der Waals surface area contributed by atoms with E-state index in [1.54, 1.807) is 11.0 Å². The lowest BCUT2D eigenvalue weighted by molar-refractivity contribution is 0.0198. The van der Waals surface area contributed by atoms with Gasteiger partial charge in [0.1, 0.15) is 11.4 Å². The van der Waals surface area contributed by atoms with Crippen molar-refractivity contribution in [3.8, 4) is 5.75 Å². The molecule has 25 heavy (non-hydrogen) atoms. The molecule has 1 heterocycles. The zero-order valence-electron chi connectivity index (χ0n) is 15.4. The first kappa shape index (κ1) is 19.1. The van der Waals surface area contributed by atoms with Crippen LogP contribution in [0.4, 0.5) is 4.79 Å². The molecule has 138 valence electrons. The van der Waals surface area contributed by atoms with Crippen LogP contribution in [0.5, 0.6) is 5.75 Å². The van der Waals surface area contributed by atoms with Crippen molar-refractivity contribution in [1.29, 1.82) is 0 Å². The van der Waals surface area contributed by atoms with Crippen molar-refractivity contribution in [2.24, 2.45) is 0 Å². The molecule has 0 aliphatic carbocycles. The van der Waals surface area contributed by atoms with Gasteiger partial charge in [0.2, 0.25) is 0 Å². The zero-order valence-corrected chi connectivity index (χ0v) is 15.4. The fraction of sp³-hybridized carbons (Fsp3) is 0.579. The van der Waals surface area contributed by atoms with Crippen LogP contribution in [0, 0.1) is 0 Å². The number of hydrogen-bond donors (Lipinski definition) is 1. The van der Waals surface area contributed by atoms with Crippen molar-refractivity contribution in [3.63, 3.8) is 0 Å². The van der Waals surface area contributed by atoms with Gasteiger partial charge in [0, 0.05) is 19.0 Å². The molecule has 0 bridgehead atoms. The Morgan fingerprint density at radius 3 is 2.60 bits per heavy atom. The number of carboxylic acids is 1. The number of piperidine rings is 1. The van der Waals surface area contributed by atoms with Crippen LogP contribution in [0.25, 0.3) is 0 Å². The molecule has 1 aliphatic heterocycles. The van der Waals surface area contributed by atoms with E-state index >= 15 is 0 Å². The van der Waals surface area contributed by atoms with Crippen LogP contribution in [-0.4, -0.2) is 47.4 Å². The molecule has 6 nitrogen and oxygen atoms in total. The molecule has 1 aliphatic rings. The van der Waals surface area contributed by atoms with Crippen molar-refractivity contribution in [3.05, 3.63) is 29.3 Å². The van der Waals surface area contributed by atoms with Crippen molar-refractivity contribution in [2.75, 3.05) is 19.7 Å². The van der Waals surface area contributed by atoms with E-state index in [1.807, 2.05) is 33.8 Å². The smallest absolute Gasteiger partial charge is 0.410 e. The highest BCUT2D eigenvalue weighted by molar-refractivity contribution is 5.88. The Morgan fingerprint density at radius 2 is 2.00 bits per heavy atom. The summed E-state index contributed by atoms with van der Waals surface area (Å²) < 4.78 is 11.0. The van der Waals surface area contributed by atoms with E-state index in [-0.39, 0.29) is 17.6 Å². The average Bonchev–Trinajstić information content (AvgIpc) is 2.53. The van der Waals surface area contributed by atoms with Crippen molar-refractivity contribution < 1.29 is 24.2 Å². The van der Waals surface area contributed by atoms with E-state index in [1.165, 1.54) is 6.07 Å². The fourth-order valence-electron chi connectivity index (χ4n) is 2.97. The molecule has 0 spiro atoms. The third kappa shape index (κ3) is 5.37. The van der Waals surface area contributed by atoms with E-state index in [0.717, 1.165) is 18.4 Å². The fourth-order valence-corrected chi connectivity index (χ4v) is 2.97. The van der Waals surface area contributed by atoms with E-state index in [4.69, 9.17) is 9.47 Å². The van der Waals surface area contributed by atoms with Crippen LogP contribution in [0.2, 0.25) is 0 Å². The second-order valence-electron chi connectivity index (χ2n) is 7.29. The quantitative estimate of drug-likeness (QED) is 0.892. The Labute approximate surface area is 148 Å². The molecule has 0 aromatic heterocycles. The summed E-state index contributed by atoms with van der Waals surface area (Å²) >= 11 is 0. The molecular formula is C19H27NO5. The first-order valence-corrected chi connectivity index (χ1v) is 8.68. The standard InChI is InChI=1S/C19H27NO5/c1-5-24-16-10-14(9-15(11-16)17(21)22)13-7-6-8-20(12-13)18(23)25-19(2,3)4/h9-11,13H,5-8,12H2,1-4H3,(H,21,22). The van der Waals surface area contributed by atoms with Gasteiger partial charge in [0.15, 0.2) is 0 Å². The van der Waals surface area contributed by atoms with E-state index in [0.29, 0.717) is 25.4 Å². The Bertz CT molecular complexity index is 635. The number of rotatable bonds is 4. The maximum atomic E-state index is 12.3. The largest absolute Gasteiger partial charge is 0.494 e. The highest BCUT2D eigenvalue weighted by atomic mass is 16.6. The minimum Gasteiger partial charge on any atom is -0.494 e. The SMILES string of the molecule is CCOc1cc(C(=O)O)cc(C2CCCN(C(=O)OC(C)(C)C)C2)c1. The minimum absolute atomic E-state index is 0.0692. The maximum Gasteiger partial charge on any atom is 0.410 e. The predicted octanol–water partition coefficient (Wildman–Crippen LogP) is 3.90. The number of aromatic carboxylic acids is 1. The highest BCUT2D eigenvalue weighted by Gasteiger charge is 2.29. The van der Waals surface area contributed by atoms with Gasteiger partial charge in [-0.15, -0.1) is 0 Å². The molecule has 1 amide bonds. The van der Waals surface area contributed by atoms with E-state index in [2.05, 4.69) is 0 Å². The van der Waals surface area contributed by atoms with Gasteiger partial charge in [-0.3, -0.25) is 0 Å². The number of hydrogen-bond acceptors (Lipinski definition) is 4. The van der Waals surface area contributed by atoms with Crippen molar-refractivity contribution in [1.82, 2.24) is 4.90 Å². The Kier molecular flexibility index (Phi) is 5.93. The van der Waals surface area contributed by atoms with Crippen molar-refractivity contribution >= 4 is 12.1 Å². The lowest BCUT2D eigenvalue weighted by atomic mass is 9.89. The molecule has 0 saturated carbocycles. The summed E-state index contributed by atoms with van der Waals surface area (Å²) in [6.07, 6.45) is 1.43. The van der Waals surface area contributed by atoms with Gasteiger partial charge in [-0.25, -0.2) is 9.59 Å². The van der Waals surface area contributed by atoms with Crippen LogP contribution >= 0.6 is 0 Å². The van der Waals surface area contributed by atoms with Gasteiger partial charge < -0.3 is 19.5 Å². The second kappa shape index (κ2) is 7.76. The van der Waals surface area contributed by atoms with Gasteiger partial charge in [-0.1, -0.05) is 0 Å². The number of nitrogens with zero attached hydrogens (tertiary/aromatic N) is 1. The summed E-state index contributed by atoms with van der Waals surface area (Å²) in [5.74, 6) is -0.367. The number of carbonyl (C=O) groups is 2. The Balaban J connectivity index is 2.20. The lowest BCUT2D eigenvalue weighted by Crippen LogP contribution is -2.42. The molecule has 1 unspecified atom stereocenters. The van der Waals surface area contributed by atoms with Crippen LogP contribution in [-0.2, 0) is 4.74 Å². The third-order valence-electron chi connectivity index (χ3n) is 4.03. The average molecular weight is 349 g/mol. The van der Waals surface area contributed by atoms with Crippen LogP contribution < -0.4 is 4.74 Å². The van der Waals surface area contributed by atoms with Crippen LogP contribution in [0.1, 0.15) is 62.4 Å². The summed E-state index contributed by atoms with van der Waals surface area (Å²) in [5, 5.41) is 9.33. The Morgan fingerprint density at radius 1 is 1.28 bits per heavy atom. The second-order valence-corrected chi connectivity index (χ2v) is 7.29. The number of amides is 1. The van der Waals surface area contributed by atoms with Crippen molar-refractivity contribution in [2.45, 2.75) is 52.1 Å². The molecule has 1 fully saturated rings. The maximum absolute atomic E-state index is 12.3. The molecule has 1 aromatic carbocycles. The first-order chi connectivity index (χ1) is 11.7. The first-order valence-electron chi connectivity index (χ1n) is 8.68. The van der Waals surface area contributed by atoms with Gasteiger partial charge >= 0.3 is 12.1 Å². The van der Waals surface area contributed by atoms with Crippen LogP contribution in [0.3, 0.4) is 0 Å². The molecular weight excluding hydrogens is 322 g/mol. The predicted molar refractivity (Wildman–Crippen MR) is 94.4 cm³/mol. The lowest BCUT2D eigenvalue weighted by Gasteiger charge is -2.34. The molecule has 1 saturated heterocycles. The highest BCUT2D eigenvalue weighted by Crippen LogP contribution is 2.31. The van der Waals surface area contributed by atoms with Crippen LogP contribution in [0.15, 0.2) is 18.2 Å². The summed E-state index contributed by atoms with van der Waals surface area (Å²) in [5.41, 5.74) is 0.557. The van der Waals surface area contributed by atoms with Gasteiger partial charge in [0.25, 0.3) is 0 Å². The molecule has 1 atom stereocenters. The summed E-state index contributed by atoms with van der Waals surface area (Å²) in [4.78, 5) is 25.4. The number of carbonyl (C=O) groups excluding carboxylic acids is 1. The molecule has 1 aromatic rings. The number of benzene rings is 1. The monoisotopic (exact) mass is 349 g/mol. The minimum atomic E-state index is -0.984. The number of carboxylic acid groups (broad SMARTS) is 1. The van der Waals surface area contributed by atoms with E-state index in [9.17, 15) is 14.7 Å². The molecule has 2 rings (SSSR count). The topological polar surface area (TPSA) is 76.1 Å². The summed E-state index contributed by atoms with van der Waals surface area (Å²) in [6.45, 7) is 9.03. The molecule has 0 radical (unpaired) electrons. The zero-order chi connectivity index (χ0) is 18.6.